The second-order valence-corrected chi connectivity index (χ2v) is 5.61. The van der Waals surface area contributed by atoms with Crippen LogP contribution in [0.3, 0.4) is 0 Å². The number of ketones is 1. The maximum Gasteiger partial charge on any atom is 0.262 e. The Morgan fingerprint density at radius 2 is 2.15 bits per heavy atom. The Hall–Kier alpha value is -1.85. The molecule has 0 saturated heterocycles. The van der Waals surface area contributed by atoms with Gasteiger partial charge < -0.3 is 10.1 Å². The van der Waals surface area contributed by atoms with Gasteiger partial charge in [0.05, 0.1) is 10.7 Å². The molecule has 1 aromatic carbocycles. The Balaban J connectivity index is 2.05. The topological polar surface area (TPSA) is 55.4 Å². The molecule has 3 rings (SSSR count). The van der Waals surface area contributed by atoms with Gasteiger partial charge >= 0.3 is 0 Å². The molecule has 0 saturated carbocycles. The predicted octanol–water partition coefficient (Wildman–Crippen LogP) is 3.27. The highest BCUT2D eigenvalue weighted by atomic mass is 35.5. The third kappa shape index (κ3) is 2.19. The number of aryl methyl sites for hydroxylation is 1. The summed E-state index contributed by atoms with van der Waals surface area (Å²) >= 11 is 7.62. The first kappa shape index (κ1) is 13.1. The highest BCUT2D eigenvalue weighted by Gasteiger charge is 2.22. The number of anilines is 1. The zero-order chi connectivity index (χ0) is 14.3. The summed E-state index contributed by atoms with van der Waals surface area (Å²) in [6.07, 6.45) is 0. The van der Waals surface area contributed by atoms with Crippen molar-refractivity contribution in [2.24, 2.45) is 0 Å². The van der Waals surface area contributed by atoms with Crippen molar-refractivity contribution in [1.82, 2.24) is 0 Å². The molecular weight excluding hydrogens is 298 g/mol. The molecule has 102 valence electrons. The van der Waals surface area contributed by atoms with Crippen LogP contribution in [-0.4, -0.2) is 18.3 Å². The van der Waals surface area contributed by atoms with E-state index in [4.69, 9.17) is 16.3 Å². The molecule has 0 fully saturated rings. The number of amides is 1. The van der Waals surface area contributed by atoms with Crippen LogP contribution in [0.15, 0.2) is 22.9 Å². The number of rotatable bonds is 2. The van der Waals surface area contributed by atoms with E-state index in [1.54, 1.807) is 17.5 Å². The van der Waals surface area contributed by atoms with E-state index in [1.807, 2.05) is 12.3 Å². The van der Waals surface area contributed by atoms with E-state index >= 15 is 0 Å². The minimum atomic E-state index is -0.235. The Kier molecular flexibility index (Phi) is 3.23. The summed E-state index contributed by atoms with van der Waals surface area (Å²) in [5.41, 5.74) is 2.42. The zero-order valence-corrected chi connectivity index (χ0v) is 12.1. The number of fused-ring (bicyclic) bond motifs is 1. The molecule has 1 aliphatic heterocycles. The summed E-state index contributed by atoms with van der Waals surface area (Å²) in [5.74, 6) is 0.0867. The fraction of sp³-hybridized carbons (Fsp3) is 0.143. The van der Waals surface area contributed by atoms with Crippen LogP contribution in [0.1, 0.15) is 21.5 Å². The largest absolute Gasteiger partial charge is 0.482 e. The van der Waals surface area contributed by atoms with Crippen LogP contribution in [0.5, 0.6) is 5.75 Å². The van der Waals surface area contributed by atoms with Crippen molar-refractivity contribution in [3.63, 3.8) is 0 Å². The molecule has 1 aliphatic rings. The number of carbonyl (C=O) groups excluding carboxylic acids is 2. The number of hydrogen-bond acceptors (Lipinski definition) is 4. The molecule has 0 bridgehead atoms. The van der Waals surface area contributed by atoms with E-state index in [9.17, 15) is 9.59 Å². The number of benzene rings is 1. The van der Waals surface area contributed by atoms with Gasteiger partial charge in [-0.25, -0.2) is 0 Å². The van der Waals surface area contributed by atoms with Gasteiger partial charge in [-0.2, -0.15) is 11.3 Å². The molecule has 0 unspecified atom stereocenters. The second-order valence-electron chi connectivity index (χ2n) is 4.46. The van der Waals surface area contributed by atoms with Gasteiger partial charge in [0.25, 0.3) is 5.91 Å². The maximum absolute atomic E-state index is 12.5. The summed E-state index contributed by atoms with van der Waals surface area (Å²) in [7, 11) is 0. The molecule has 0 spiro atoms. The van der Waals surface area contributed by atoms with Gasteiger partial charge in [0.15, 0.2) is 12.4 Å². The van der Waals surface area contributed by atoms with Crippen LogP contribution in [0.4, 0.5) is 5.69 Å². The average molecular weight is 308 g/mol. The molecule has 4 nitrogen and oxygen atoms in total. The van der Waals surface area contributed by atoms with Crippen LogP contribution in [0.25, 0.3) is 0 Å². The Morgan fingerprint density at radius 3 is 2.85 bits per heavy atom. The summed E-state index contributed by atoms with van der Waals surface area (Å²) in [6, 6.07) is 3.12. The fourth-order valence-corrected chi connectivity index (χ4v) is 3.09. The van der Waals surface area contributed by atoms with Gasteiger partial charge in [0, 0.05) is 16.5 Å². The third-order valence-corrected chi connectivity index (χ3v) is 4.22. The number of halogens is 1. The molecule has 0 aliphatic carbocycles. The number of hydrogen-bond donors (Lipinski definition) is 1. The van der Waals surface area contributed by atoms with E-state index in [0.29, 0.717) is 27.6 Å². The quantitative estimate of drug-likeness (QED) is 0.866. The van der Waals surface area contributed by atoms with Crippen molar-refractivity contribution in [2.75, 3.05) is 11.9 Å². The highest BCUT2D eigenvalue weighted by molar-refractivity contribution is 7.08. The normalized spacial score (nSPS) is 13.4. The fourth-order valence-electron chi connectivity index (χ4n) is 2.01. The maximum atomic E-state index is 12.5. The first-order valence-electron chi connectivity index (χ1n) is 5.90. The van der Waals surface area contributed by atoms with Gasteiger partial charge in [-0.05, 0) is 30.0 Å². The minimum Gasteiger partial charge on any atom is -0.482 e. The SMILES string of the molecule is Cc1cscc1C(=O)c1cc2c(cc1Cl)NC(=O)CO2. The summed E-state index contributed by atoms with van der Waals surface area (Å²) in [4.78, 5) is 23.7. The number of carbonyl (C=O) groups is 2. The van der Waals surface area contributed by atoms with Gasteiger partial charge in [-0.15, -0.1) is 0 Å². The molecule has 2 heterocycles. The zero-order valence-electron chi connectivity index (χ0n) is 10.5. The first-order valence-corrected chi connectivity index (χ1v) is 7.22. The van der Waals surface area contributed by atoms with Crippen LogP contribution in [0.2, 0.25) is 5.02 Å². The van der Waals surface area contributed by atoms with Crippen molar-refractivity contribution in [3.8, 4) is 5.75 Å². The molecule has 2 aromatic rings. The lowest BCUT2D eigenvalue weighted by Gasteiger charge is -2.19. The average Bonchev–Trinajstić information content (AvgIpc) is 2.83. The summed E-state index contributed by atoms with van der Waals surface area (Å²) in [6.45, 7) is 1.83. The molecule has 0 radical (unpaired) electrons. The molecule has 1 N–H and O–H groups in total. The van der Waals surface area contributed by atoms with Crippen molar-refractivity contribution in [1.29, 1.82) is 0 Å². The Morgan fingerprint density at radius 1 is 1.35 bits per heavy atom. The third-order valence-electron chi connectivity index (χ3n) is 3.05. The lowest BCUT2D eigenvalue weighted by molar-refractivity contribution is -0.118. The summed E-state index contributed by atoms with van der Waals surface area (Å²) in [5, 5.41) is 6.67. The van der Waals surface area contributed by atoms with Crippen LogP contribution in [-0.2, 0) is 4.79 Å². The van der Waals surface area contributed by atoms with Gasteiger partial charge in [-0.3, -0.25) is 9.59 Å². The van der Waals surface area contributed by atoms with Crippen molar-refractivity contribution < 1.29 is 14.3 Å². The molecular formula is C14H10ClNO3S. The van der Waals surface area contributed by atoms with Gasteiger partial charge in [0.1, 0.15) is 5.75 Å². The molecule has 0 atom stereocenters. The number of nitrogens with one attached hydrogen (secondary N) is 1. The molecule has 6 heteroatoms. The van der Waals surface area contributed by atoms with Crippen molar-refractivity contribution in [2.45, 2.75) is 6.92 Å². The van der Waals surface area contributed by atoms with E-state index in [1.165, 1.54) is 11.3 Å². The first-order chi connectivity index (χ1) is 9.56. The van der Waals surface area contributed by atoms with E-state index in [-0.39, 0.29) is 18.3 Å². The van der Waals surface area contributed by atoms with Gasteiger partial charge in [-0.1, -0.05) is 11.6 Å². The number of thiophene rings is 1. The lowest BCUT2D eigenvalue weighted by atomic mass is 10.0. The van der Waals surface area contributed by atoms with Crippen molar-refractivity contribution in [3.05, 3.63) is 44.6 Å². The summed E-state index contributed by atoms with van der Waals surface area (Å²) < 4.78 is 5.31. The molecule has 1 amide bonds. The van der Waals surface area contributed by atoms with Crippen LogP contribution in [0, 0.1) is 6.92 Å². The monoisotopic (exact) mass is 307 g/mol. The standard InChI is InChI=1S/C14H10ClNO3S/c1-7-5-20-6-9(7)14(18)8-2-12-11(3-10(8)15)16-13(17)4-19-12/h2-3,5-6H,4H2,1H3,(H,16,17). The van der Waals surface area contributed by atoms with Crippen molar-refractivity contribution >= 4 is 40.3 Å². The molecule has 1 aromatic heterocycles. The highest BCUT2D eigenvalue weighted by Crippen LogP contribution is 2.35. The Bertz CT molecular complexity index is 723. The van der Waals surface area contributed by atoms with E-state index < -0.39 is 0 Å². The minimum absolute atomic E-state index is 0.0558. The smallest absolute Gasteiger partial charge is 0.262 e. The van der Waals surface area contributed by atoms with Crippen LogP contribution < -0.4 is 10.1 Å². The predicted molar refractivity (Wildman–Crippen MR) is 78.1 cm³/mol. The van der Waals surface area contributed by atoms with E-state index in [2.05, 4.69) is 5.32 Å². The van der Waals surface area contributed by atoms with Crippen LogP contribution >= 0.6 is 22.9 Å². The second kappa shape index (κ2) is 4.92. The lowest BCUT2D eigenvalue weighted by Crippen LogP contribution is -2.25. The molecule has 20 heavy (non-hydrogen) atoms. The van der Waals surface area contributed by atoms with E-state index in [0.717, 1.165) is 5.56 Å². The van der Waals surface area contributed by atoms with Gasteiger partial charge in [0.2, 0.25) is 0 Å². The number of ether oxygens (including phenoxy) is 1. The Labute approximate surface area is 124 Å².